The van der Waals surface area contributed by atoms with Gasteiger partial charge in [0.05, 0.1) is 22.2 Å². The number of rotatable bonds is 2. The molecule has 3 nitrogen and oxygen atoms in total. The molecule has 1 unspecified atom stereocenters. The van der Waals surface area contributed by atoms with E-state index in [0.717, 1.165) is 37.1 Å². The Balaban J connectivity index is 2.08. The SMILES string of the molecule is Nc1cc(C(F)(F)F)ccc1NC(=O)C1CCCCS1. The molecule has 1 aromatic carbocycles. The van der Waals surface area contributed by atoms with Crippen LogP contribution in [0.15, 0.2) is 18.2 Å². The van der Waals surface area contributed by atoms with Crippen LogP contribution in [0.2, 0.25) is 0 Å². The number of anilines is 2. The summed E-state index contributed by atoms with van der Waals surface area (Å²) in [6, 6.07) is 2.95. The van der Waals surface area contributed by atoms with Crippen molar-refractivity contribution in [3.63, 3.8) is 0 Å². The van der Waals surface area contributed by atoms with Crippen LogP contribution in [-0.2, 0) is 11.0 Å². The number of thioether (sulfide) groups is 1. The second-order valence-corrected chi connectivity index (χ2v) is 5.95. The van der Waals surface area contributed by atoms with Gasteiger partial charge >= 0.3 is 6.18 Å². The van der Waals surface area contributed by atoms with Gasteiger partial charge in [-0.2, -0.15) is 13.2 Å². The van der Waals surface area contributed by atoms with Gasteiger partial charge in [-0.3, -0.25) is 4.79 Å². The minimum absolute atomic E-state index is 0.0750. The summed E-state index contributed by atoms with van der Waals surface area (Å²) in [5.41, 5.74) is 4.91. The number of hydrogen-bond donors (Lipinski definition) is 2. The van der Waals surface area contributed by atoms with Crippen molar-refractivity contribution in [2.24, 2.45) is 0 Å². The molecule has 1 saturated heterocycles. The lowest BCUT2D eigenvalue weighted by atomic mass is 10.1. The molecule has 0 spiro atoms. The number of alkyl halides is 3. The Hall–Kier alpha value is -1.37. The van der Waals surface area contributed by atoms with Crippen LogP contribution in [0.3, 0.4) is 0 Å². The predicted octanol–water partition coefficient (Wildman–Crippen LogP) is 3.51. The first-order valence-corrected chi connectivity index (χ1v) is 7.32. The van der Waals surface area contributed by atoms with Crippen LogP contribution in [0.5, 0.6) is 0 Å². The molecule has 20 heavy (non-hydrogen) atoms. The Kier molecular flexibility index (Phi) is 4.47. The molecule has 0 saturated carbocycles. The molecular formula is C13H15F3N2OS. The molecule has 7 heteroatoms. The second kappa shape index (κ2) is 5.95. The van der Waals surface area contributed by atoms with Crippen LogP contribution in [0.25, 0.3) is 0 Å². The average molecular weight is 304 g/mol. The van der Waals surface area contributed by atoms with E-state index >= 15 is 0 Å². The maximum absolute atomic E-state index is 12.5. The molecule has 3 N–H and O–H groups in total. The van der Waals surface area contributed by atoms with Crippen LogP contribution in [0.4, 0.5) is 24.5 Å². The lowest BCUT2D eigenvalue weighted by Gasteiger charge is -2.21. The van der Waals surface area contributed by atoms with E-state index in [2.05, 4.69) is 5.32 Å². The van der Waals surface area contributed by atoms with Crippen molar-refractivity contribution in [3.05, 3.63) is 23.8 Å². The fourth-order valence-corrected chi connectivity index (χ4v) is 3.21. The molecule has 110 valence electrons. The van der Waals surface area contributed by atoms with Crippen molar-refractivity contribution in [2.75, 3.05) is 16.8 Å². The van der Waals surface area contributed by atoms with Gasteiger partial charge in [-0.1, -0.05) is 6.42 Å². The number of nitrogens with one attached hydrogen (secondary N) is 1. The van der Waals surface area contributed by atoms with E-state index in [1.54, 1.807) is 11.8 Å². The lowest BCUT2D eigenvalue weighted by Crippen LogP contribution is -2.27. The summed E-state index contributed by atoms with van der Waals surface area (Å²) >= 11 is 1.57. The summed E-state index contributed by atoms with van der Waals surface area (Å²) in [6.07, 6.45) is -1.56. The van der Waals surface area contributed by atoms with Gasteiger partial charge in [0, 0.05) is 0 Å². The zero-order valence-electron chi connectivity index (χ0n) is 10.7. The Morgan fingerprint density at radius 2 is 2.10 bits per heavy atom. The topological polar surface area (TPSA) is 55.1 Å². The zero-order valence-corrected chi connectivity index (χ0v) is 11.5. The van der Waals surface area contributed by atoms with E-state index in [9.17, 15) is 18.0 Å². The molecule has 1 heterocycles. The van der Waals surface area contributed by atoms with Gasteiger partial charge in [-0.05, 0) is 36.8 Å². The largest absolute Gasteiger partial charge is 0.416 e. The van der Waals surface area contributed by atoms with E-state index < -0.39 is 11.7 Å². The van der Waals surface area contributed by atoms with Gasteiger partial charge in [0.1, 0.15) is 0 Å². The highest BCUT2D eigenvalue weighted by molar-refractivity contribution is 8.00. The first-order chi connectivity index (χ1) is 9.38. The summed E-state index contributed by atoms with van der Waals surface area (Å²) in [7, 11) is 0. The highest BCUT2D eigenvalue weighted by Gasteiger charge is 2.31. The third-order valence-electron chi connectivity index (χ3n) is 3.11. The monoisotopic (exact) mass is 304 g/mol. The maximum Gasteiger partial charge on any atom is 0.416 e. The van der Waals surface area contributed by atoms with Crippen molar-refractivity contribution in [2.45, 2.75) is 30.7 Å². The third kappa shape index (κ3) is 3.59. The summed E-state index contributed by atoms with van der Waals surface area (Å²) in [4.78, 5) is 12.0. The molecule has 0 radical (unpaired) electrons. The number of carbonyl (C=O) groups is 1. The number of amides is 1. The van der Waals surface area contributed by atoms with Crippen molar-refractivity contribution < 1.29 is 18.0 Å². The van der Waals surface area contributed by atoms with Gasteiger partial charge < -0.3 is 11.1 Å². The average Bonchev–Trinajstić information content (AvgIpc) is 2.41. The molecule has 1 aliphatic rings. The quantitative estimate of drug-likeness (QED) is 0.822. The molecule has 1 aromatic rings. The predicted molar refractivity (Wildman–Crippen MR) is 74.6 cm³/mol. The van der Waals surface area contributed by atoms with Crippen molar-refractivity contribution in [1.29, 1.82) is 0 Å². The number of nitrogen functional groups attached to an aromatic ring is 1. The van der Waals surface area contributed by atoms with Gasteiger partial charge in [-0.25, -0.2) is 0 Å². The van der Waals surface area contributed by atoms with Crippen molar-refractivity contribution in [1.82, 2.24) is 0 Å². The van der Waals surface area contributed by atoms with Gasteiger partial charge in [-0.15, -0.1) is 11.8 Å². The molecule has 1 fully saturated rings. The molecule has 2 rings (SSSR count). The minimum atomic E-state index is -4.43. The summed E-state index contributed by atoms with van der Waals surface area (Å²) in [5, 5.41) is 2.46. The number of nitrogens with two attached hydrogens (primary N) is 1. The second-order valence-electron chi connectivity index (χ2n) is 4.64. The first kappa shape index (κ1) is 15.0. The van der Waals surface area contributed by atoms with Crippen LogP contribution in [0.1, 0.15) is 24.8 Å². The third-order valence-corrected chi connectivity index (χ3v) is 4.49. The standard InChI is InChI=1S/C13H15F3N2OS/c14-13(15,16)8-4-5-10(9(17)7-8)18-12(19)11-3-1-2-6-20-11/h4-5,7,11H,1-3,6,17H2,(H,18,19). The fourth-order valence-electron chi connectivity index (χ4n) is 2.01. The smallest absolute Gasteiger partial charge is 0.397 e. The Bertz CT molecular complexity index is 499. The molecule has 1 aliphatic heterocycles. The lowest BCUT2D eigenvalue weighted by molar-refractivity contribution is -0.137. The highest BCUT2D eigenvalue weighted by atomic mass is 32.2. The number of benzene rings is 1. The molecule has 0 aliphatic carbocycles. The normalized spacial score (nSPS) is 19.6. The Morgan fingerprint density at radius 3 is 2.65 bits per heavy atom. The fraction of sp³-hybridized carbons (Fsp3) is 0.462. The maximum atomic E-state index is 12.5. The number of carbonyl (C=O) groups excluding carboxylic acids is 1. The first-order valence-electron chi connectivity index (χ1n) is 6.27. The van der Waals surface area contributed by atoms with E-state index in [1.807, 2.05) is 0 Å². The Morgan fingerprint density at radius 1 is 1.35 bits per heavy atom. The van der Waals surface area contributed by atoms with E-state index in [-0.39, 0.29) is 22.5 Å². The summed E-state index contributed by atoms with van der Waals surface area (Å²) in [6.45, 7) is 0. The van der Waals surface area contributed by atoms with Crippen LogP contribution in [-0.4, -0.2) is 16.9 Å². The zero-order chi connectivity index (χ0) is 14.8. The van der Waals surface area contributed by atoms with E-state index in [4.69, 9.17) is 5.73 Å². The highest BCUT2D eigenvalue weighted by Crippen LogP contribution is 2.33. The summed E-state index contributed by atoms with van der Waals surface area (Å²) < 4.78 is 37.5. The molecule has 0 bridgehead atoms. The van der Waals surface area contributed by atoms with Gasteiger partial charge in [0.25, 0.3) is 0 Å². The summed E-state index contributed by atoms with van der Waals surface area (Å²) in [5.74, 6) is 0.738. The number of halogens is 3. The minimum Gasteiger partial charge on any atom is -0.397 e. The van der Waals surface area contributed by atoms with Crippen LogP contribution < -0.4 is 11.1 Å². The molecular weight excluding hydrogens is 289 g/mol. The number of hydrogen-bond acceptors (Lipinski definition) is 3. The molecule has 0 aromatic heterocycles. The van der Waals surface area contributed by atoms with E-state index in [1.165, 1.54) is 6.07 Å². The molecule has 1 atom stereocenters. The van der Waals surface area contributed by atoms with Crippen LogP contribution in [0, 0.1) is 0 Å². The molecule has 1 amide bonds. The van der Waals surface area contributed by atoms with Gasteiger partial charge in [0.2, 0.25) is 5.91 Å². The van der Waals surface area contributed by atoms with Gasteiger partial charge in [0.15, 0.2) is 0 Å². The van der Waals surface area contributed by atoms with Crippen molar-refractivity contribution >= 4 is 29.0 Å². The van der Waals surface area contributed by atoms with Crippen molar-refractivity contribution in [3.8, 4) is 0 Å². The van der Waals surface area contributed by atoms with Crippen LogP contribution >= 0.6 is 11.8 Å². The Labute approximate surface area is 119 Å². The van der Waals surface area contributed by atoms with E-state index in [0.29, 0.717) is 0 Å².